The zero-order valence-corrected chi connectivity index (χ0v) is 12.9. The minimum Gasteiger partial charge on any atom is -0.349 e. The molecule has 3 rings (SSSR count). The molecule has 0 bridgehead atoms. The number of nitrogens with zero attached hydrogens (tertiary/aromatic N) is 1. The van der Waals surface area contributed by atoms with Gasteiger partial charge in [-0.3, -0.25) is 9.78 Å². The van der Waals surface area contributed by atoms with Crippen molar-refractivity contribution in [1.29, 1.82) is 0 Å². The molecule has 1 atom stereocenters. The maximum absolute atomic E-state index is 12.9. The van der Waals surface area contributed by atoms with E-state index in [1.54, 1.807) is 30.6 Å². The monoisotopic (exact) mass is 334 g/mol. The number of alkyl halides is 3. The number of carbonyl (C=O) groups is 1. The lowest BCUT2D eigenvalue weighted by molar-refractivity contribution is -0.137. The van der Waals surface area contributed by atoms with Gasteiger partial charge in [-0.1, -0.05) is 18.2 Å². The zero-order valence-electron chi connectivity index (χ0n) is 12.9. The molecule has 1 N–H and O–H groups in total. The molecule has 1 aliphatic carbocycles. The number of aromatic nitrogens is 1. The molecule has 1 aromatic carbocycles. The molecule has 126 valence electrons. The third-order valence-electron chi connectivity index (χ3n) is 4.07. The first-order valence-electron chi connectivity index (χ1n) is 7.79. The highest BCUT2D eigenvalue weighted by Gasteiger charge is 2.36. The molecule has 2 aromatic rings. The van der Waals surface area contributed by atoms with Crippen LogP contribution in [0.2, 0.25) is 0 Å². The molecule has 1 saturated carbocycles. The van der Waals surface area contributed by atoms with Crippen LogP contribution in [0.1, 0.15) is 35.6 Å². The summed E-state index contributed by atoms with van der Waals surface area (Å²) >= 11 is 0. The van der Waals surface area contributed by atoms with Crippen molar-refractivity contribution >= 4 is 5.91 Å². The van der Waals surface area contributed by atoms with Crippen molar-refractivity contribution in [2.75, 3.05) is 0 Å². The van der Waals surface area contributed by atoms with Crippen molar-refractivity contribution < 1.29 is 18.0 Å². The molecule has 0 radical (unpaired) electrons. The molecule has 1 aromatic heterocycles. The second-order valence-electron chi connectivity index (χ2n) is 6.04. The SMILES string of the molecule is O=C(Cc1cccnc1)NC(c1cccc(C(F)(F)F)c1)C1CC1. The first-order chi connectivity index (χ1) is 11.4. The van der Waals surface area contributed by atoms with Crippen LogP contribution in [0.25, 0.3) is 0 Å². The number of rotatable bonds is 5. The summed E-state index contributed by atoms with van der Waals surface area (Å²) in [6.45, 7) is 0. The van der Waals surface area contributed by atoms with Crippen LogP contribution in [0.5, 0.6) is 0 Å². The van der Waals surface area contributed by atoms with Gasteiger partial charge >= 0.3 is 6.18 Å². The third-order valence-corrected chi connectivity index (χ3v) is 4.07. The summed E-state index contributed by atoms with van der Waals surface area (Å²) in [6, 6.07) is 8.37. The molecule has 1 fully saturated rings. The normalized spacial score (nSPS) is 15.8. The summed E-state index contributed by atoms with van der Waals surface area (Å²) in [5.74, 6) is -0.0105. The van der Waals surface area contributed by atoms with E-state index in [0.29, 0.717) is 5.56 Å². The predicted molar refractivity (Wildman–Crippen MR) is 83.0 cm³/mol. The molecular formula is C18H17F3N2O. The van der Waals surface area contributed by atoms with E-state index in [9.17, 15) is 18.0 Å². The smallest absolute Gasteiger partial charge is 0.349 e. The van der Waals surface area contributed by atoms with E-state index < -0.39 is 11.7 Å². The number of benzene rings is 1. The van der Waals surface area contributed by atoms with Crippen LogP contribution in [0.4, 0.5) is 13.2 Å². The van der Waals surface area contributed by atoms with E-state index in [4.69, 9.17) is 0 Å². The first kappa shape index (κ1) is 16.5. The van der Waals surface area contributed by atoms with Crippen LogP contribution in [-0.2, 0) is 17.4 Å². The van der Waals surface area contributed by atoms with Gasteiger partial charge < -0.3 is 5.32 Å². The fourth-order valence-corrected chi connectivity index (χ4v) is 2.72. The lowest BCUT2D eigenvalue weighted by atomic mass is 9.99. The van der Waals surface area contributed by atoms with Gasteiger partial charge in [0.05, 0.1) is 18.0 Å². The Bertz CT molecular complexity index is 712. The van der Waals surface area contributed by atoms with E-state index in [1.807, 2.05) is 0 Å². The highest BCUT2D eigenvalue weighted by Crippen LogP contribution is 2.42. The number of hydrogen-bond donors (Lipinski definition) is 1. The van der Waals surface area contributed by atoms with Crippen LogP contribution in [-0.4, -0.2) is 10.9 Å². The lowest BCUT2D eigenvalue weighted by Crippen LogP contribution is -2.31. The van der Waals surface area contributed by atoms with Gasteiger partial charge in [-0.05, 0) is 48.1 Å². The van der Waals surface area contributed by atoms with Crippen LogP contribution >= 0.6 is 0 Å². The average molecular weight is 334 g/mol. The molecule has 0 spiro atoms. The van der Waals surface area contributed by atoms with Crippen LogP contribution in [0.3, 0.4) is 0 Å². The molecule has 24 heavy (non-hydrogen) atoms. The van der Waals surface area contributed by atoms with E-state index >= 15 is 0 Å². The van der Waals surface area contributed by atoms with Gasteiger partial charge in [0.2, 0.25) is 5.91 Å². The van der Waals surface area contributed by atoms with Crippen molar-refractivity contribution in [3.05, 3.63) is 65.5 Å². The quantitative estimate of drug-likeness (QED) is 0.901. The van der Waals surface area contributed by atoms with Crippen LogP contribution < -0.4 is 5.32 Å². The standard InChI is InChI=1S/C18H17F3N2O/c19-18(20,21)15-5-1-4-14(10-15)17(13-6-7-13)23-16(24)9-12-3-2-8-22-11-12/h1-5,8,10-11,13,17H,6-7,9H2,(H,23,24). The van der Waals surface area contributed by atoms with Gasteiger partial charge in [-0.2, -0.15) is 13.2 Å². The molecule has 0 saturated heterocycles. The third kappa shape index (κ3) is 4.13. The maximum atomic E-state index is 12.9. The summed E-state index contributed by atoms with van der Waals surface area (Å²) in [6.07, 6.45) is 0.828. The largest absolute Gasteiger partial charge is 0.416 e. The van der Waals surface area contributed by atoms with E-state index in [-0.39, 0.29) is 24.3 Å². The highest BCUT2D eigenvalue weighted by molar-refractivity contribution is 5.79. The van der Waals surface area contributed by atoms with Crippen molar-refractivity contribution in [2.45, 2.75) is 31.5 Å². The summed E-state index contributed by atoms with van der Waals surface area (Å²) < 4.78 is 38.7. The van der Waals surface area contributed by atoms with Gasteiger partial charge in [-0.25, -0.2) is 0 Å². The van der Waals surface area contributed by atoms with Gasteiger partial charge in [0, 0.05) is 12.4 Å². The Balaban J connectivity index is 1.75. The Hall–Kier alpha value is -2.37. The Morgan fingerprint density at radius 1 is 1.25 bits per heavy atom. The van der Waals surface area contributed by atoms with Crippen LogP contribution in [0, 0.1) is 5.92 Å². The van der Waals surface area contributed by atoms with Gasteiger partial charge in [0.25, 0.3) is 0 Å². The van der Waals surface area contributed by atoms with Gasteiger partial charge in [0.1, 0.15) is 0 Å². The van der Waals surface area contributed by atoms with Gasteiger partial charge in [0.15, 0.2) is 0 Å². The summed E-state index contributed by atoms with van der Waals surface area (Å²) in [5.41, 5.74) is 0.590. The van der Waals surface area contributed by atoms with Gasteiger partial charge in [-0.15, -0.1) is 0 Å². The second-order valence-corrected chi connectivity index (χ2v) is 6.04. The zero-order chi connectivity index (χ0) is 17.2. The maximum Gasteiger partial charge on any atom is 0.416 e. The fraction of sp³-hybridized carbons (Fsp3) is 0.333. The fourth-order valence-electron chi connectivity index (χ4n) is 2.72. The summed E-state index contributed by atoms with van der Waals surface area (Å²) in [7, 11) is 0. The highest BCUT2D eigenvalue weighted by atomic mass is 19.4. The molecule has 1 aliphatic rings. The predicted octanol–water partition coefficient (Wildman–Crippen LogP) is 3.91. The molecular weight excluding hydrogens is 317 g/mol. The Labute approximate surface area is 137 Å². The Morgan fingerprint density at radius 2 is 2.04 bits per heavy atom. The number of pyridine rings is 1. The van der Waals surface area contributed by atoms with Crippen LogP contribution in [0.15, 0.2) is 48.8 Å². The molecule has 1 unspecified atom stereocenters. The minimum atomic E-state index is -4.39. The van der Waals surface area contributed by atoms with Crippen molar-refractivity contribution in [3.63, 3.8) is 0 Å². The molecule has 0 aliphatic heterocycles. The number of nitrogens with one attached hydrogen (secondary N) is 1. The second kappa shape index (κ2) is 6.63. The van der Waals surface area contributed by atoms with Crippen molar-refractivity contribution in [2.24, 2.45) is 5.92 Å². The minimum absolute atomic E-state index is 0.163. The lowest BCUT2D eigenvalue weighted by Gasteiger charge is -2.20. The number of amides is 1. The Kier molecular flexibility index (Phi) is 4.55. The van der Waals surface area contributed by atoms with E-state index in [2.05, 4.69) is 10.3 Å². The molecule has 3 nitrogen and oxygen atoms in total. The number of carbonyl (C=O) groups excluding carboxylic acids is 1. The molecule has 1 amide bonds. The Morgan fingerprint density at radius 3 is 2.67 bits per heavy atom. The number of hydrogen-bond acceptors (Lipinski definition) is 2. The topological polar surface area (TPSA) is 42.0 Å². The van der Waals surface area contributed by atoms with E-state index in [1.165, 1.54) is 6.07 Å². The summed E-state index contributed by atoms with van der Waals surface area (Å²) in [5, 5.41) is 2.89. The van der Waals surface area contributed by atoms with E-state index in [0.717, 1.165) is 30.5 Å². The number of halogens is 3. The average Bonchev–Trinajstić information content (AvgIpc) is 3.38. The molecule has 6 heteroatoms. The summed E-state index contributed by atoms with van der Waals surface area (Å²) in [4.78, 5) is 16.2. The molecule has 1 heterocycles. The van der Waals surface area contributed by atoms with Crippen molar-refractivity contribution in [3.8, 4) is 0 Å². The van der Waals surface area contributed by atoms with Crippen molar-refractivity contribution in [1.82, 2.24) is 10.3 Å². The first-order valence-corrected chi connectivity index (χ1v) is 7.79.